The molecule has 86 valence electrons. The van der Waals surface area contributed by atoms with Crippen LogP contribution in [0.3, 0.4) is 0 Å². The lowest BCUT2D eigenvalue weighted by molar-refractivity contribution is 0.955. The fourth-order valence-corrected chi connectivity index (χ4v) is 1.44. The molecular formula is C10H16N6. The number of nitrogens with one attached hydrogen (secondary N) is 3. The van der Waals surface area contributed by atoms with Gasteiger partial charge in [0.05, 0.1) is 6.33 Å². The van der Waals surface area contributed by atoms with Gasteiger partial charge in [-0.1, -0.05) is 6.92 Å². The SMILES string of the molecule is CCCNc1nc(NCC)c2[nH]cnc2n1. The summed E-state index contributed by atoms with van der Waals surface area (Å²) in [6.07, 6.45) is 2.67. The average Bonchev–Trinajstić information content (AvgIpc) is 2.75. The number of nitrogens with zero attached hydrogens (tertiary/aromatic N) is 3. The molecule has 6 nitrogen and oxygen atoms in total. The van der Waals surface area contributed by atoms with Gasteiger partial charge in [0.25, 0.3) is 0 Å². The van der Waals surface area contributed by atoms with E-state index in [-0.39, 0.29) is 0 Å². The van der Waals surface area contributed by atoms with Gasteiger partial charge >= 0.3 is 0 Å². The van der Waals surface area contributed by atoms with Gasteiger partial charge in [-0.2, -0.15) is 9.97 Å². The predicted octanol–water partition coefficient (Wildman–Crippen LogP) is 1.61. The molecule has 0 unspecified atom stereocenters. The molecule has 0 aromatic carbocycles. The maximum absolute atomic E-state index is 4.40. The highest BCUT2D eigenvalue weighted by Gasteiger charge is 2.08. The van der Waals surface area contributed by atoms with E-state index >= 15 is 0 Å². The van der Waals surface area contributed by atoms with Crippen molar-refractivity contribution in [2.24, 2.45) is 0 Å². The van der Waals surface area contributed by atoms with E-state index in [1.165, 1.54) is 0 Å². The molecule has 0 saturated carbocycles. The summed E-state index contributed by atoms with van der Waals surface area (Å²) in [5.41, 5.74) is 1.54. The minimum atomic E-state index is 0.623. The maximum atomic E-state index is 4.40. The number of imidazole rings is 1. The van der Waals surface area contributed by atoms with Crippen molar-refractivity contribution in [1.82, 2.24) is 19.9 Å². The molecule has 2 rings (SSSR count). The first-order chi connectivity index (χ1) is 7.85. The van der Waals surface area contributed by atoms with Crippen LogP contribution in [-0.4, -0.2) is 33.0 Å². The summed E-state index contributed by atoms with van der Waals surface area (Å²) >= 11 is 0. The first-order valence-electron chi connectivity index (χ1n) is 5.54. The highest BCUT2D eigenvalue weighted by molar-refractivity contribution is 5.83. The quantitative estimate of drug-likeness (QED) is 0.713. The third-order valence-electron chi connectivity index (χ3n) is 2.16. The van der Waals surface area contributed by atoms with Crippen LogP contribution in [0, 0.1) is 0 Å². The fraction of sp³-hybridized carbons (Fsp3) is 0.500. The van der Waals surface area contributed by atoms with Crippen LogP contribution < -0.4 is 10.6 Å². The number of hydrogen-bond donors (Lipinski definition) is 3. The highest BCUT2D eigenvalue weighted by Crippen LogP contribution is 2.18. The van der Waals surface area contributed by atoms with Gasteiger partial charge in [0, 0.05) is 13.1 Å². The van der Waals surface area contributed by atoms with Crippen LogP contribution in [0.4, 0.5) is 11.8 Å². The largest absolute Gasteiger partial charge is 0.368 e. The molecule has 0 aliphatic heterocycles. The Hall–Kier alpha value is -1.85. The van der Waals surface area contributed by atoms with Gasteiger partial charge in [-0.3, -0.25) is 0 Å². The van der Waals surface area contributed by atoms with Crippen molar-refractivity contribution >= 4 is 22.9 Å². The van der Waals surface area contributed by atoms with Gasteiger partial charge in [-0.15, -0.1) is 0 Å². The molecule has 2 aromatic heterocycles. The molecule has 0 aliphatic rings. The Morgan fingerprint density at radius 1 is 1.25 bits per heavy atom. The number of anilines is 2. The van der Waals surface area contributed by atoms with Crippen molar-refractivity contribution in [3.05, 3.63) is 6.33 Å². The van der Waals surface area contributed by atoms with Crippen LogP contribution in [0.1, 0.15) is 20.3 Å². The molecule has 3 N–H and O–H groups in total. The highest BCUT2D eigenvalue weighted by atomic mass is 15.2. The van der Waals surface area contributed by atoms with Gasteiger partial charge in [0.15, 0.2) is 11.5 Å². The van der Waals surface area contributed by atoms with Crippen LogP contribution in [0.25, 0.3) is 11.2 Å². The fourth-order valence-electron chi connectivity index (χ4n) is 1.44. The molecule has 0 saturated heterocycles. The summed E-state index contributed by atoms with van der Waals surface area (Å²) in [6, 6.07) is 0. The molecule has 0 fully saturated rings. The number of hydrogen-bond acceptors (Lipinski definition) is 5. The van der Waals surface area contributed by atoms with Gasteiger partial charge in [-0.05, 0) is 13.3 Å². The number of rotatable bonds is 5. The zero-order valence-corrected chi connectivity index (χ0v) is 9.54. The van der Waals surface area contributed by atoms with Crippen molar-refractivity contribution in [2.75, 3.05) is 23.7 Å². The molecule has 6 heteroatoms. The summed E-state index contributed by atoms with van der Waals surface area (Å²) < 4.78 is 0. The lowest BCUT2D eigenvalue weighted by Crippen LogP contribution is -2.08. The van der Waals surface area contributed by atoms with Gasteiger partial charge in [-0.25, -0.2) is 4.98 Å². The first-order valence-corrected chi connectivity index (χ1v) is 5.54. The van der Waals surface area contributed by atoms with Crippen molar-refractivity contribution in [1.29, 1.82) is 0 Å². The zero-order valence-electron chi connectivity index (χ0n) is 9.54. The van der Waals surface area contributed by atoms with Gasteiger partial charge in [0.2, 0.25) is 5.95 Å². The van der Waals surface area contributed by atoms with Gasteiger partial charge in [0.1, 0.15) is 5.52 Å². The lowest BCUT2D eigenvalue weighted by atomic mass is 10.4. The molecule has 16 heavy (non-hydrogen) atoms. The van der Waals surface area contributed by atoms with E-state index in [1.807, 2.05) is 6.92 Å². The third-order valence-corrected chi connectivity index (χ3v) is 2.16. The molecule has 0 aliphatic carbocycles. The monoisotopic (exact) mass is 220 g/mol. The third kappa shape index (κ3) is 2.05. The van der Waals surface area contributed by atoms with Gasteiger partial charge < -0.3 is 15.6 Å². The van der Waals surface area contributed by atoms with E-state index in [2.05, 4.69) is 37.5 Å². The first kappa shape index (κ1) is 10.7. The Labute approximate surface area is 93.9 Å². The Kier molecular flexibility index (Phi) is 3.19. The minimum absolute atomic E-state index is 0.623. The molecule has 0 amide bonds. The normalized spacial score (nSPS) is 10.6. The number of H-pyrrole nitrogens is 1. The number of fused-ring (bicyclic) bond motifs is 1. The van der Waals surface area contributed by atoms with Crippen molar-refractivity contribution in [3.8, 4) is 0 Å². The van der Waals surface area contributed by atoms with Crippen LogP contribution in [0.15, 0.2) is 6.33 Å². The zero-order chi connectivity index (χ0) is 11.4. The predicted molar refractivity (Wildman–Crippen MR) is 64.6 cm³/mol. The second-order valence-corrected chi connectivity index (χ2v) is 3.45. The van der Waals surface area contributed by atoms with E-state index in [0.29, 0.717) is 11.6 Å². The summed E-state index contributed by atoms with van der Waals surface area (Å²) in [5, 5.41) is 6.35. The number of aromatic nitrogens is 4. The molecule has 0 atom stereocenters. The van der Waals surface area contributed by atoms with Crippen LogP contribution >= 0.6 is 0 Å². The molecule has 0 bridgehead atoms. The minimum Gasteiger partial charge on any atom is -0.368 e. The number of aromatic amines is 1. The Bertz CT molecular complexity index is 463. The molecule has 2 aromatic rings. The maximum Gasteiger partial charge on any atom is 0.226 e. The summed E-state index contributed by atoms with van der Waals surface area (Å²) in [5.74, 6) is 1.42. The van der Waals surface area contributed by atoms with Crippen LogP contribution in [-0.2, 0) is 0 Å². The van der Waals surface area contributed by atoms with Crippen molar-refractivity contribution in [3.63, 3.8) is 0 Å². The Balaban J connectivity index is 2.36. The summed E-state index contributed by atoms with van der Waals surface area (Å²) in [7, 11) is 0. The standard InChI is InChI=1S/C10H16N6/c1-3-5-12-10-15-8(11-4-2)7-9(16-10)14-6-13-7/h6H,3-5H2,1-2H3,(H3,11,12,13,14,15,16). The summed E-state index contributed by atoms with van der Waals surface area (Å²) in [4.78, 5) is 15.9. The lowest BCUT2D eigenvalue weighted by Gasteiger charge is -2.07. The van der Waals surface area contributed by atoms with Crippen LogP contribution in [0.5, 0.6) is 0 Å². The van der Waals surface area contributed by atoms with E-state index in [0.717, 1.165) is 30.8 Å². The Morgan fingerprint density at radius 2 is 2.12 bits per heavy atom. The van der Waals surface area contributed by atoms with Crippen molar-refractivity contribution in [2.45, 2.75) is 20.3 Å². The Morgan fingerprint density at radius 3 is 2.88 bits per heavy atom. The molecule has 0 spiro atoms. The average molecular weight is 220 g/mol. The second kappa shape index (κ2) is 4.78. The summed E-state index contributed by atoms with van der Waals surface area (Å²) in [6.45, 7) is 5.81. The smallest absolute Gasteiger partial charge is 0.226 e. The van der Waals surface area contributed by atoms with E-state index in [4.69, 9.17) is 0 Å². The topological polar surface area (TPSA) is 78.5 Å². The molecular weight excluding hydrogens is 204 g/mol. The van der Waals surface area contributed by atoms with Crippen LogP contribution in [0.2, 0.25) is 0 Å². The molecule has 2 heterocycles. The molecule has 0 radical (unpaired) electrons. The second-order valence-electron chi connectivity index (χ2n) is 3.45. The van der Waals surface area contributed by atoms with E-state index < -0.39 is 0 Å². The van der Waals surface area contributed by atoms with Crippen molar-refractivity contribution < 1.29 is 0 Å². The van der Waals surface area contributed by atoms with E-state index in [1.54, 1.807) is 6.33 Å². The van der Waals surface area contributed by atoms with E-state index in [9.17, 15) is 0 Å².